The third-order valence-electron chi connectivity index (χ3n) is 4.08. The lowest BCUT2D eigenvalue weighted by Gasteiger charge is -2.38. The van der Waals surface area contributed by atoms with Gasteiger partial charge in [0.1, 0.15) is 11.4 Å². The number of carbonyl (C=O) groups excluding carboxylic acids is 1. The van der Waals surface area contributed by atoms with Crippen LogP contribution in [0.1, 0.15) is 43.5 Å². The first-order chi connectivity index (χ1) is 10.5. The Bertz CT molecular complexity index is 531. The molecule has 0 amide bonds. The zero-order valence-corrected chi connectivity index (χ0v) is 14.2. The van der Waals surface area contributed by atoms with Gasteiger partial charge in [-0.25, -0.2) is 14.8 Å². The summed E-state index contributed by atoms with van der Waals surface area (Å²) in [5, 5.41) is 11.0. The molecule has 0 aliphatic carbocycles. The van der Waals surface area contributed by atoms with Gasteiger partial charge in [-0.1, -0.05) is 18.7 Å². The Morgan fingerprint density at radius 1 is 1.45 bits per heavy atom. The quantitative estimate of drug-likeness (QED) is 0.505. The summed E-state index contributed by atoms with van der Waals surface area (Å²) >= 11 is 1.43. The van der Waals surface area contributed by atoms with Crippen LogP contribution in [0.15, 0.2) is 11.4 Å². The fourth-order valence-corrected chi connectivity index (χ4v) is 2.87. The summed E-state index contributed by atoms with van der Waals surface area (Å²) in [7, 11) is 0. The van der Waals surface area contributed by atoms with Crippen LogP contribution in [0, 0.1) is 0 Å². The number of thioether (sulfide) groups is 1. The number of piperidine rings is 1. The molecule has 0 aromatic carbocycles. The van der Waals surface area contributed by atoms with Crippen molar-refractivity contribution in [2.75, 3.05) is 30.9 Å². The van der Waals surface area contributed by atoms with Crippen molar-refractivity contribution in [1.29, 1.82) is 0 Å². The van der Waals surface area contributed by atoms with Crippen LogP contribution >= 0.6 is 11.8 Å². The van der Waals surface area contributed by atoms with Crippen molar-refractivity contribution in [1.82, 2.24) is 9.97 Å². The van der Waals surface area contributed by atoms with Gasteiger partial charge in [-0.3, -0.25) is 0 Å². The Balaban J connectivity index is 2.26. The molecule has 0 bridgehead atoms. The van der Waals surface area contributed by atoms with Gasteiger partial charge in [0.05, 0.1) is 12.2 Å². The van der Waals surface area contributed by atoms with E-state index in [9.17, 15) is 9.90 Å². The van der Waals surface area contributed by atoms with Crippen molar-refractivity contribution in [3.8, 4) is 0 Å². The van der Waals surface area contributed by atoms with Crippen LogP contribution < -0.4 is 4.90 Å². The summed E-state index contributed by atoms with van der Waals surface area (Å²) in [6, 6.07) is 0. The predicted octanol–water partition coefficient (Wildman–Crippen LogP) is 2.12. The van der Waals surface area contributed by atoms with Gasteiger partial charge in [-0.2, -0.15) is 0 Å². The number of hydrogen-bond acceptors (Lipinski definition) is 7. The van der Waals surface area contributed by atoms with E-state index in [-0.39, 0.29) is 0 Å². The minimum Gasteiger partial charge on any atom is -0.462 e. The number of rotatable bonds is 5. The number of aromatic nitrogens is 2. The van der Waals surface area contributed by atoms with Crippen LogP contribution in [0.3, 0.4) is 0 Å². The highest BCUT2D eigenvalue weighted by atomic mass is 32.2. The summed E-state index contributed by atoms with van der Waals surface area (Å²) in [5.74, 6) is 0.206. The molecule has 0 spiro atoms. The van der Waals surface area contributed by atoms with Gasteiger partial charge in [0.15, 0.2) is 5.16 Å². The van der Waals surface area contributed by atoms with E-state index in [1.165, 1.54) is 18.0 Å². The predicted molar refractivity (Wildman–Crippen MR) is 86.5 cm³/mol. The number of nitrogens with zero attached hydrogens (tertiary/aromatic N) is 3. The Morgan fingerprint density at radius 3 is 2.68 bits per heavy atom. The first kappa shape index (κ1) is 17.0. The van der Waals surface area contributed by atoms with Gasteiger partial charge < -0.3 is 14.7 Å². The molecule has 0 saturated carbocycles. The highest BCUT2D eigenvalue weighted by Crippen LogP contribution is 2.30. The SMILES string of the molecule is CCOC(=O)c1cnc(SC)nc1N1CCC(O)(CC)CC1. The van der Waals surface area contributed by atoms with Crippen LogP contribution in [0.5, 0.6) is 0 Å². The van der Waals surface area contributed by atoms with Crippen LogP contribution in [0.25, 0.3) is 0 Å². The van der Waals surface area contributed by atoms with E-state index in [2.05, 4.69) is 9.97 Å². The van der Waals surface area contributed by atoms with Crippen molar-refractivity contribution in [3.05, 3.63) is 11.8 Å². The Hall–Kier alpha value is -1.34. The van der Waals surface area contributed by atoms with Gasteiger partial charge >= 0.3 is 5.97 Å². The van der Waals surface area contributed by atoms with Crippen molar-refractivity contribution in [2.24, 2.45) is 0 Å². The third-order valence-corrected chi connectivity index (χ3v) is 4.64. The third kappa shape index (κ3) is 3.70. The van der Waals surface area contributed by atoms with E-state index in [0.29, 0.717) is 49.1 Å². The zero-order chi connectivity index (χ0) is 16.2. The van der Waals surface area contributed by atoms with E-state index in [1.54, 1.807) is 6.92 Å². The van der Waals surface area contributed by atoms with Crippen LogP contribution in [0.2, 0.25) is 0 Å². The normalized spacial score (nSPS) is 17.4. The molecular weight excluding hydrogens is 302 g/mol. The summed E-state index contributed by atoms with van der Waals surface area (Å²) in [6.45, 7) is 5.43. The van der Waals surface area contributed by atoms with Crippen molar-refractivity contribution in [3.63, 3.8) is 0 Å². The lowest BCUT2D eigenvalue weighted by Crippen LogP contribution is -2.44. The molecule has 1 N–H and O–H groups in total. The molecule has 122 valence electrons. The average Bonchev–Trinajstić information content (AvgIpc) is 2.55. The second kappa shape index (κ2) is 7.28. The molecule has 1 aromatic rings. The van der Waals surface area contributed by atoms with Crippen LogP contribution in [-0.4, -0.2) is 52.6 Å². The molecule has 2 rings (SSSR count). The first-order valence-electron chi connectivity index (χ1n) is 7.58. The smallest absolute Gasteiger partial charge is 0.343 e. The lowest BCUT2D eigenvalue weighted by molar-refractivity contribution is 0.0124. The molecule has 6 nitrogen and oxygen atoms in total. The fraction of sp³-hybridized carbons (Fsp3) is 0.667. The summed E-state index contributed by atoms with van der Waals surface area (Å²) in [6.07, 6.45) is 5.52. The second-order valence-electron chi connectivity index (χ2n) is 5.38. The van der Waals surface area contributed by atoms with E-state index < -0.39 is 11.6 Å². The molecule has 1 aliphatic rings. The number of ether oxygens (including phenoxy) is 1. The highest BCUT2D eigenvalue weighted by molar-refractivity contribution is 7.98. The fourth-order valence-electron chi connectivity index (χ4n) is 2.54. The summed E-state index contributed by atoms with van der Waals surface area (Å²) in [5.41, 5.74) is -0.211. The number of anilines is 1. The van der Waals surface area contributed by atoms with Gasteiger partial charge in [0.25, 0.3) is 0 Å². The van der Waals surface area contributed by atoms with Crippen molar-refractivity contribution >= 4 is 23.5 Å². The van der Waals surface area contributed by atoms with Crippen LogP contribution in [0.4, 0.5) is 5.82 Å². The van der Waals surface area contributed by atoms with Gasteiger partial charge in [0.2, 0.25) is 0 Å². The number of carbonyl (C=O) groups is 1. The average molecular weight is 325 g/mol. The summed E-state index contributed by atoms with van der Waals surface area (Å²) < 4.78 is 5.09. The van der Waals surface area contributed by atoms with Crippen molar-refractivity contribution in [2.45, 2.75) is 43.9 Å². The number of aliphatic hydroxyl groups is 1. The Kier molecular flexibility index (Phi) is 5.63. The number of esters is 1. The Labute approximate surface area is 135 Å². The molecule has 1 aliphatic heterocycles. The minimum absolute atomic E-state index is 0.318. The second-order valence-corrected chi connectivity index (χ2v) is 6.15. The number of hydrogen-bond donors (Lipinski definition) is 1. The molecule has 1 fully saturated rings. The molecule has 0 unspecified atom stereocenters. The van der Waals surface area contributed by atoms with Crippen molar-refractivity contribution < 1.29 is 14.6 Å². The Morgan fingerprint density at radius 2 is 2.14 bits per heavy atom. The maximum atomic E-state index is 12.1. The van der Waals surface area contributed by atoms with Gasteiger partial charge in [0, 0.05) is 19.3 Å². The van der Waals surface area contributed by atoms with Gasteiger partial charge in [-0.05, 0) is 32.4 Å². The van der Waals surface area contributed by atoms with E-state index in [4.69, 9.17) is 4.74 Å². The standard InChI is InChI=1S/C15H23N3O3S/c1-4-15(20)6-8-18(9-7-15)12-11(13(19)21-5-2)10-16-14(17-12)22-3/h10,20H,4-9H2,1-3H3. The molecule has 0 atom stereocenters. The lowest BCUT2D eigenvalue weighted by atomic mass is 9.89. The first-order valence-corrected chi connectivity index (χ1v) is 8.81. The molecular formula is C15H23N3O3S. The monoisotopic (exact) mass is 325 g/mol. The molecule has 0 radical (unpaired) electrons. The minimum atomic E-state index is -0.601. The zero-order valence-electron chi connectivity index (χ0n) is 13.3. The molecule has 7 heteroatoms. The largest absolute Gasteiger partial charge is 0.462 e. The molecule has 1 aromatic heterocycles. The molecule has 22 heavy (non-hydrogen) atoms. The maximum absolute atomic E-state index is 12.1. The molecule has 1 saturated heterocycles. The topological polar surface area (TPSA) is 75.5 Å². The maximum Gasteiger partial charge on any atom is 0.343 e. The molecule has 2 heterocycles. The van der Waals surface area contributed by atoms with Crippen LogP contribution in [-0.2, 0) is 4.74 Å². The van der Waals surface area contributed by atoms with E-state index in [0.717, 1.165) is 6.42 Å². The van der Waals surface area contributed by atoms with Gasteiger partial charge in [-0.15, -0.1) is 0 Å². The van der Waals surface area contributed by atoms with E-state index in [1.807, 2.05) is 18.1 Å². The highest BCUT2D eigenvalue weighted by Gasteiger charge is 2.32. The summed E-state index contributed by atoms with van der Waals surface area (Å²) in [4.78, 5) is 22.8. The van der Waals surface area contributed by atoms with E-state index >= 15 is 0 Å².